The molecule has 0 saturated heterocycles. The highest BCUT2D eigenvalue weighted by molar-refractivity contribution is 7.14. The highest BCUT2D eigenvalue weighted by Gasteiger charge is 2.16. The number of anilines is 2. The summed E-state index contributed by atoms with van der Waals surface area (Å²) >= 11 is 1.24. The van der Waals surface area contributed by atoms with Gasteiger partial charge in [-0.3, -0.25) is 10.1 Å². The predicted octanol–water partition coefficient (Wildman–Crippen LogP) is 3.38. The second-order valence-corrected chi connectivity index (χ2v) is 5.40. The molecule has 2 rings (SSSR count). The van der Waals surface area contributed by atoms with Crippen LogP contribution in [0.15, 0.2) is 17.5 Å². The molecule has 4 nitrogen and oxygen atoms in total. The third kappa shape index (κ3) is 2.93. The Hall–Kier alpha value is -2.02. The van der Waals surface area contributed by atoms with Crippen LogP contribution in [-0.4, -0.2) is 10.9 Å². The van der Waals surface area contributed by atoms with E-state index in [1.807, 2.05) is 19.2 Å². The normalized spacial score (nSPS) is 10.8. The number of nitrogens with zero attached hydrogens (tertiary/aromatic N) is 1. The number of benzene rings is 1. The van der Waals surface area contributed by atoms with Gasteiger partial charge >= 0.3 is 0 Å². The number of aromatic nitrogens is 1. The van der Waals surface area contributed by atoms with Crippen molar-refractivity contribution >= 4 is 28.1 Å². The van der Waals surface area contributed by atoms with Crippen LogP contribution >= 0.6 is 11.3 Å². The van der Waals surface area contributed by atoms with E-state index in [9.17, 15) is 13.6 Å². The van der Waals surface area contributed by atoms with E-state index in [1.54, 1.807) is 0 Å². The predicted molar refractivity (Wildman–Crippen MR) is 74.9 cm³/mol. The van der Waals surface area contributed by atoms with Crippen LogP contribution < -0.4 is 11.1 Å². The van der Waals surface area contributed by atoms with E-state index in [1.165, 1.54) is 11.3 Å². The number of nitrogens with two attached hydrogens (primary N) is 1. The molecule has 1 amide bonds. The van der Waals surface area contributed by atoms with Gasteiger partial charge in [-0.1, -0.05) is 13.8 Å². The van der Waals surface area contributed by atoms with Gasteiger partial charge in [-0.05, 0) is 12.0 Å². The number of rotatable bonds is 3. The Morgan fingerprint density at radius 3 is 2.65 bits per heavy atom. The third-order valence-corrected chi connectivity index (χ3v) is 3.44. The number of hydrogen-bond donors (Lipinski definition) is 2. The van der Waals surface area contributed by atoms with E-state index in [4.69, 9.17) is 5.73 Å². The molecule has 1 heterocycles. The van der Waals surface area contributed by atoms with Crippen LogP contribution in [0.25, 0.3) is 0 Å². The van der Waals surface area contributed by atoms with Gasteiger partial charge < -0.3 is 5.73 Å². The SMILES string of the molecule is CC(C)c1csc(NC(=O)c2cc(N)c(F)cc2F)n1. The van der Waals surface area contributed by atoms with Gasteiger partial charge in [0, 0.05) is 11.4 Å². The van der Waals surface area contributed by atoms with Crippen molar-refractivity contribution in [2.24, 2.45) is 0 Å². The molecule has 106 valence electrons. The molecule has 0 bridgehead atoms. The van der Waals surface area contributed by atoms with Crippen molar-refractivity contribution in [1.82, 2.24) is 4.98 Å². The average Bonchev–Trinajstić information content (AvgIpc) is 2.82. The molecule has 1 aromatic carbocycles. The Labute approximate surface area is 118 Å². The fourth-order valence-corrected chi connectivity index (χ4v) is 2.38. The second-order valence-electron chi connectivity index (χ2n) is 4.54. The van der Waals surface area contributed by atoms with Crippen LogP contribution in [0, 0.1) is 11.6 Å². The Bertz CT molecular complexity index is 655. The fraction of sp³-hybridized carbons (Fsp3) is 0.231. The molecule has 0 radical (unpaired) electrons. The molecule has 0 unspecified atom stereocenters. The summed E-state index contributed by atoms with van der Waals surface area (Å²) in [5, 5.41) is 4.65. The summed E-state index contributed by atoms with van der Waals surface area (Å²) in [4.78, 5) is 16.1. The Balaban J connectivity index is 2.21. The van der Waals surface area contributed by atoms with E-state index >= 15 is 0 Å². The molecular weight excluding hydrogens is 284 g/mol. The van der Waals surface area contributed by atoms with Crippen molar-refractivity contribution < 1.29 is 13.6 Å². The molecule has 0 aliphatic carbocycles. The average molecular weight is 297 g/mol. The van der Waals surface area contributed by atoms with Crippen molar-refractivity contribution in [2.45, 2.75) is 19.8 Å². The maximum atomic E-state index is 13.5. The summed E-state index contributed by atoms with van der Waals surface area (Å²) < 4.78 is 26.6. The summed E-state index contributed by atoms with van der Waals surface area (Å²) in [6.07, 6.45) is 0. The topological polar surface area (TPSA) is 68.0 Å². The number of nitrogen functional groups attached to an aromatic ring is 1. The van der Waals surface area contributed by atoms with Gasteiger partial charge in [-0.15, -0.1) is 11.3 Å². The van der Waals surface area contributed by atoms with Crippen molar-refractivity contribution in [3.05, 3.63) is 40.4 Å². The first kappa shape index (κ1) is 14.4. The zero-order chi connectivity index (χ0) is 14.9. The molecule has 3 N–H and O–H groups in total. The van der Waals surface area contributed by atoms with Gasteiger partial charge in [0.2, 0.25) is 0 Å². The van der Waals surface area contributed by atoms with E-state index in [-0.39, 0.29) is 17.2 Å². The van der Waals surface area contributed by atoms with Crippen LogP contribution in [0.5, 0.6) is 0 Å². The highest BCUT2D eigenvalue weighted by atomic mass is 32.1. The van der Waals surface area contributed by atoms with Gasteiger partial charge in [-0.25, -0.2) is 13.8 Å². The lowest BCUT2D eigenvalue weighted by Gasteiger charge is -2.05. The molecule has 1 aromatic heterocycles. The number of hydrogen-bond acceptors (Lipinski definition) is 4. The minimum absolute atomic E-state index is 0.232. The first-order chi connectivity index (χ1) is 9.38. The summed E-state index contributed by atoms with van der Waals surface area (Å²) in [6.45, 7) is 3.95. The minimum atomic E-state index is -0.963. The van der Waals surface area contributed by atoms with Crippen LogP contribution in [0.4, 0.5) is 19.6 Å². The Kier molecular flexibility index (Phi) is 3.99. The molecule has 0 saturated carbocycles. The fourth-order valence-electron chi connectivity index (χ4n) is 1.51. The van der Waals surface area contributed by atoms with E-state index in [0.717, 1.165) is 11.8 Å². The molecule has 2 aromatic rings. The standard InChI is InChI=1S/C13H13F2N3OS/c1-6(2)11-5-20-13(17-11)18-12(19)7-3-10(16)9(15)4-8(7)14/h3-6H,16H2,1-2H3,(H,17,18,19). The Morgan fingerprint density at radius 2 is 2.05 bits per heavy atom. The number of carbonyl (C=O) groups is 1. The highest BCUT2D eigenvalue weighted by Crippen LogP contribution is 2.23. The van der Waals surface area contributed by atoms with Gasteiger partial charge in [0.25, 0.3) is 5.91 Å². The molecule has 0 fully saturated rings. The van der Waals surface area contributed by atoms with Gasteiger partial charge in [-0.2, -0.15) is 0 Å². The molecule has 20 heavy (non-hydrogen) atoms. The monoisotopic (exact) mass is 297 g/mol. The summed E-state index contributed by atoms with van der Waals surface area (Å²) in [6, 6.07) is 1.56. The van der Waals surface area contributed by atoms with E-state index in [2.05, 4.69) is 10.3 Å². The van der Waals surface area contributed by atoms with Crippen LogP contribution in [0.3, 0.4) is 0 Å². The largest absolute Gasteiger partial charge is 0.396 e. The molecule has 0 aliphatic rings. The Morgan fingerprint density at radius 1 is 1.35 bits per heavy atom. The minimum Gasteiger partial charge on any atom is -0.396 e. The number of halogens is 2. The molecule has 7 heteroatoms. The maximum Gasteiger partial charge on any atom is 0.260 e. The number of amides is 1. The van der Waals surface area contributed by atoms with Crippen molar-refractivity contribution in [2.75, 3.05) is 11.1 Å². The number of carbonyl (C=O) groups excluding carboxylic acids is 1. The van der Waals surface area contributed by atoms with Crippen molar-refractivity contribution in [3.8, 4) is 0 Å². The van der Waals surface area contributed by atoms with E-state index < -0.39 is 17.5 Å². The zero-order valence-electron chi connectivity index (χ0n) is 10.9. The lowest BCUT2D eigenvalue weighted by molar-refractivity contribution is 0.102. The zero-order valence-corrected chi connectivity index (χ0v) is 11.7. The van der Waals surface area contributed by atoms with Crippen LogP contribution in [-0.2, 0) is 0 Å². The van der Waals surface area contributed by atoms with Crippen molar-refractivity contribution in [1.29, 1.82) is 0 Å². The summed E-state index contributed by atoms with van der Waals surface area (Å²) in [5.74, 6) is -2.33. The quantitative estimate of drug-likeness (QED) is 0.853. The maximum absolute atomic E-state index is 13.5. The van der Waals surface area contributed by atoms with E-state index in [0.29, 0.717) is 11.2 Å². The van der Waals surface area contributed by atoms with Crippen LogP contribution in [0.2, 0.25) is 0 Å². The first-order valence-corrected chi connectivity index (χ1v) is 6.77. The first-order valence-electron chi connectivity index (χ1n) is 5.89. The summed E-state index contributed by atoms with van der Waals surface area (Å²) in [5.41, 5.74) is 5.57. The second kappa shape index (κ2) is 5.54. The number of nitrogens with one attached hydrogen (secondary N) is 1. The third-order valence-electron chi connectivity index (χ3n) is 2.66. The molecule has 0 aliphatic heterocycles. The molecule has 0 spiro atoms. The van der Waals surface area contributed by atoms with Crippen molar-refractivity contribution in [3.63, 3.8) is 0 Å². The number of thiazole rings is 1. The van der Waals surface area contributed by atoms with Gasteiger partial charge in [0.15, 0.2) is 5.13 Å². The summed E-state index contributed by atoms with van der Waals surface area (Å²) in [7, 11) is 0. The van der Waals surface area contributed by atoms with Crippen LogP contribution in [0.1, 0.15) is 35.8 Å². The van der Waals surface area contributed by atoms with Gasteiger partial charge in [0.05, 0.1) is 16.9 Å². The van der Waals surface area contributed by atoms with Gasteiger partial charge in [0.1, 0.15) is 11.6 Å². The molecule has 0 atom stereocenters. The molecular formula is C13H13F2N3OS. The lowest BCUT2D eigenvalue weighted by atomic mass is 10.1. The lowest BCUT2D eigenvalue weighted by Crippen LogP contribution is -2.14. The smallest absolute Gasteiger partial charge is 0.260 e.